The number of aryl methyl sites for hydroxylation is 1. The van der Waals surface area contributed by atoms with Gasteiger partial charge in [0.15, 0.2) is 0 Å². The topological polar surface area (TPSA) is 98.5 Å². The Kier molecular flexibility index (Phi) is 6.97. The van der Waals surface area contributed by atoms with Crippen molar-refractivity contribution in [3.8, 4) is 0 Å². The van der Waals surface area contributed by atoms with Crippen molar-refractivity contribution in [3.63, 3.8) is 0 Å². The van der Waals surface area contributed by atoms with Gasteiger partial charge in [0.2, 0.25) is 0 Å². The number of fused-ring (bicyclic) bond motifs is 1. The molecule has 2 aliphatic rings. The number of hydrogen-bond acceptors (Lipinski definition) is 7. The minimum absolute atomic E-state index is 0.00316. The summed E-state index contributed by atoms with van der Waals surface area (Å²) >= 11 is 0. The number of anilines is 1. The summed E-state index contributed by atoms with van der Waals surface area (Å²) in [7, 11) is -0.692. The Hall–Kier alpha value is -2.99. The van der Waals surface area contributed by atoms with Crippen molar-refractivity contribution in [2.75, 3.05) is 30.0 Å². The molecule has 0 amide bonds. The second-order valence-electron chi connectivity index (χ2n) is 9.59. The van der Waals surface area contributed by atoms with Gasteiger partial charge in [-0.3, -0.25) is 9.36 Å². The number of rotatable bonds is 6. The summed E-state index contributed by atoms with van der Waals surface area (Å²) in [5, 5.41) is 3.66. The number of nitrogens with one attached hydrogen (secondary N) is 1. The average Bonchev–Trinajstić information content (AvgIpc) is 2.84. The van der Waals surface area contributed by atoms with Crippen molar-refractivity contribution in [2.45, 2.75) is 44.2 Å². The Bertz CT molecular complexity index is 1500. The molecule has 0 spiro atoms. The van der Waals surface area contributed by atoms with E-state index in [1.54, 1.807) is 20.0 Å². The number of halogens is 3. The highest BCUT2D eigenvalue weighted by molar-refractivity contribution is 7.93. The molecule has 1 aromatic carbocycles. The predicted octanol–water partition coefficient (Wildman–Crippen LogP) is 4.32. The number of aromatic nitrogens is 3. The zero-order valence-corrected chi connectivity index (χ0v) is 21.3. The van der Waals surface area contributed by atoms with E-state index in [-0.39, 0.29) is 23.1 Å². The smallest absolute Gasteiger partial charge is 0.266 e. The first-order chi connectivity index (χ1) is 17.7. The highest BCUT2D eigenvalue weighted by atomic mass is 32.2. The van der Waals surface area contributed by atoms with E-state index in [1.807, 2.05) is 0 Å². The van der Waals surface area contributed by atoms with Crippen LogP contribution in [0, 0.1) is 5.82 Å². The largest absolute Gasteiger partial charge is 0.377 e. The Morgan fingerprint density at radius 1 is 1.19 bits per heavy atom. The zero-order valence-electron chi connectivity index (χ0n) is 20.5. The van der Waals surface area contributed by atoms with Crippen molar-refractivity contribution in [2.24, 2.45) is 11.4 Å². The Morgan fingerprint density at radius 3 is 2.54 bits per heavy atom. The number of pyridine rings is 1. The highest BCUT2D eigenvalue weighted by Gasteiger charge is 2.29. The molecule has 0 radical (unpaired) electrons. The predicted molar refractivity (Wildman–Crippen MR) is 135 cm³/mol. The standard InChI is InChI=1S/C25H28F3N5O3S/c1-14(17-4-3-5-18(21(17)26)22(27)28)31-23-20-10-19(25(34)33(2)24(20)30-13-29-23)15-6-8-37(35,9-7-15)32-16-11-36-12-16/h3-5,10,13-16,22H,6-9,11-12H2,1-2H3,(H,29,30,31). The van der Waals surface area contributed by atoms with Gasteiger partial charge in [0, 0.05) is 39.4 Å². The summed E-state index contributed by atoms with van der Waals surface area (Å²) in [6, 6.07) is 4.96. The lowest BCUT2D eigenvalue weighted by Gasteiger charge is -2.28. The molecule has 1 atom stereocenters. The van der Waals surface area contributed by atoms with E-state index in [1.165, 1.54) is 23.0 Å². The van der Waals surface area contributed by atoms with Gasteiger partial charge in [-0.1, -0.05) is 18.2 Å². The van der Waals surface area contributed by atoms with E-state index in [0.717, 1.165) is 6.07 Å². The second kappa shape index (κ2) is 10.1. The van der Waals surface area contributed by atoms with Gasteiger partial charge in [-0.25, -0.2) is 31.7 Å². The normalized spacial score (nSPS) is 23.1. The molecule has 1 unspecified atom stereocenters. The first kappa shape index (κ1) is 25.7. The average molecular weight is 536 g/mol. The van der Waals surface area contributed by atoms with Crippen LogP contribution in [0.3, 0.4) is 0 Å². The molecule has 198 valence electrons. The van der Waals surface area contributed by atoms with Crippen LogP contribution >= 0.6 is 0 Å². The molecule has 0 aliphatic carbocycles. The summed E-state index contributed by atoms with van der Waals surface area (Å²) in [6.07, 6.45) is -0.502. The molecule has 1 N–H and O–H groups in total. The first-order valence-electron chi connectivity index (χ1n) is 12.1. The van der Waals surface area contributed by atoms with Crippen LogP contribution in [-0.2, 0) is 21.5 Å². The van der Waals surface area contributed by atoms with Gasteiger partial charge < -0.3 is 10.1 Å². The van der Waals surface area contributed by atoms with E-state index in [9.17, 15) is 22.2 Å². The number of benzene rings is 1. The van der Waals surface area contributed by atoms with E-state index in [2.05, 4.69) is 19.6 Å². The van der Waals surface area contributed by atoms with Crippen molar-refractivity contribution in [1.82, 2.24) is 14.5 Å². The second-order valence-corrected chi connectivity index (χ2v) is 12.2. The van der Waals surface area contributed by atoms with Gasteiger partial charge >= 0.3 is 0 Å². The van der Waals surface area contributed by atoms with Gasteiger partial charge in [-0.15, -0.1) is 0 Å². The molecule has 0 saturated carbocycles. The van der Waals surface area contributed by atoms with Gasteiger partial charge in [0.25, 0.3) is 12.0 Å². The Morgan fingerprint density at radius 2 is 1.89 bits per heavy atom. The summed E-state index contributed by atoms with van der Waals surface area (Å²) in [4.78, 5) is 21.8. The van der Waals surface area contributed by atoms with Crippen molar-refractivity contribution in [1.29, 1.82) is 0 Å². The third kappa shape index (κ3) is 4.96. The molecule has 8 nitrogen and oxygen atoms in total. The molecule has 2 aliphatic heterocycles. The summed E-state index contributed by atoms with van der Waals surface area (Å²) in [5.41, 5.74) is 0.189. The van der Waals surface area contributed by atoms with Crippen LogP contribution in [0.4, 0.5) is 19.0 Å². The van der Waals surface area contributed by atoms with E-state index < -0.39 is 33.6 Å². The van der Waals surface area contributed by atoms with Crippen LogP contribution in [-0.4, -0.2) is 49.5 Å². The summed E-state index contributed by atoms with van der Waals surface area (Å²) < 4.78 is 65.4. The quantitative estimate of drug-likeness (QED) is 0.505. The maximum absolute atomic E-state index is 14.7. The van der Waals surface area contributed by atoms with Crippen LogP contribution in [0.2, 0.25) is 0 Å². The van der Waals surface area contributed by atoms with Crippen LogP contribution in [0.25, 0.3) is 11.0 Å². The molecule has 12 heteroatoms. The molecule has 3 aromatic rings. The highest BCUT2D eigenvalue weighted by Crippen LogP contribution is 2.33. The minimum Gasteiger partial charge on any atom is -0.377 e. The number of alkyl halides is 2. The molecular weight excluding hydrogens is 507 g/mol. The molecule has 2 fully saturated rings. The maximum Gasteiger partial charge on any atom is 0.266 e. The molecule has 2 aromatic heterocycles. The number of nitrogens with zero attached hydrogens (tertiary/aromatic N) is 4. The fourth-order valence-corrected chi connectivity index (χ4v) is 7.31. The molecular formula is C25H28F3N5O3S. The zero-order chi connectivity index (χ0) is 26.3. The van der Waals surface area contributed by atoms with Crippen LogP contribution in [0.15, 0.2) is 39.8 Å². The Balaban J connectivity index is 1.46. The SMILES string of the molecule is CC(Nc1ncnc2c1cc(C1CCS(=O)(=NC3COC3)CC1)c(=O)n2C)c1cccc(C(F)F)c1F. The summed E-state index contributed by atoms with van der Waals surface area (Å²) in [5.74, 6) is 0.131. The fraction of sp³-hybridized carbons (Fsp3) is 0.480. The summed E-state index contributed by atoms with van der Waals surface area (Å²) in [6.45, 7) is 2.67. The number of ether oxygens (including phenoxy) is 1. The van der Waals surface area contributed by atoms with Crippen molar-refractivity contribution in [3.05, 3.63) is 63.5 Å². The van der Waals surface area contributed by atoms with Gasteiger partial charge in [-0.05, 0) is 31.7 Å². The van der Waals surface area contributed by atoms with Crippen LogP contribution in [0.5, 0.6) is 0 Å². The van der Waals surface area contributed by atoms with Crippen molar-refractivity contribution < 1.29 is 22.1 Å². The first-order valence-corrected chi connectivity index (χ1v) is 14.0. The molecule has 0 bridgehead atoms. The minimum atomic E-state index is -2.93. The lowest BCUT2D eigenvalue weighted by Crippen LogP contribution is -2.35. The lowest BCUT2D eigenvalue weighted by molar-refractivity contribution is 0.0140. The number of hydrogen-bond donors (Lipinski definition) is 1. The molecule has 37 heavy (non-hydrogen) atoms. The van der Waals surface area contributed by atoms with Crippen LogP contribution in [0.1, 0.15) is 54.8 Å². The van der Waals surface area contributed by atoms with E-state index in [4.69, 9.17) is 4.74 Å². The third-order valence-electron chi connectivity index (χ3n) is 7.12. The van der Waals surface area contributed by atoms with Gasteiger partial charge in [-0.2, -0.15) is 0 Å². The monoisotopic (exact) mass is 535 g/mol. The van der Waals surface area contributed by atoms with E-state index in [0.29, 0.717) is 60.0 Å². The van der Waals surface area contributed by atoms with Crippen LogP contribution < -0.4 is 10.9 Å². The van der Waals surface area contributed by atoms with E-state index >= 15 is 0 Å². The Labute approximate surface area is 212 Å². The molecule has 2 saturated heterocycles. The maximum atomic E-state index is 14.7. The molecule has 4 heterocycles. The lowest BCUT2D eigenvalue weighted by atomic mass is 9.94. The third-order valence-corrected chi connectivity index (χ3v) is 9.55. The van der Waals surface area contributed by atoms with Gasteiger partial charge in [0.05, 0.1) is 30.2 Å². The van der Waals surface area contributed by atoms with Crippen molar-refractivity contribution >= 4 is 26.6 Å². The molecule has 5 rings (SSSR count). The fourth-order valence-electron chi connectivity index (χ4n) is 4.93. The van der Waals surface area contributed by atoms with Gasteiger partial charge in [0.1, 0.15) is 29.7 Å².